The van der Waals surface area contributed by atoms with Gasteiger partial charge in [-0.05, 0) is 12.1 Å². The second kappa shape index (κ2) is 9.65. The van der Waals surface area contributed by atoms with Crippen LogP contribution in [0.15, 0.2) is 29.6 Å². The first-order valence-electron chi connectivity index (χ1n) is 3.07. The quantitative estimate of drug-likeness (QED) is 0.268. The Morgan fingerprint density at radius 3 is 2.43 bits per heavy atom. The molecule has 0 fully saturated rings. The second-order valence-corrected chi connectivity index (χ2v) is 1.72. The third-order valence-corrected chi connectivity index (χ3v) is 0.878. The van der Waals surface area contributed by atoms with Crippen LogP contribution in [0, 0.1) is 15.3 Å². The minimum Gasteiger partial charge on any atom is -0.411 e. The number of hydrogen-bond acceptors (Lipinski definition) is 6. The maximum absolute atomic E-state index is 8.25. The summed E-state index contributed by atoms with van der Waals surface area (Å²) in [6.07, 6.45) is 2.91. The monoisotopic (exact) mass is 291 g/mol. The average Bonchev–Trinajstić information content (AvgIpc) is 2.06. The van der Waals surface area contributed by atoms with Crippen LogP contribution in [0.2, 0.25) is 0 Å². The molecule has 1 heterocycles. The van der Waals surface area contributed by atoms with Gasteiger partial charge >= 0.3 is 22.4 Å². The van der Waals surface area contributed by atoms with Gasteiger partial charge in [-0.15, -0.1) is 0 Å². The van der Waals surface area contributed by atoms with E-state index in [1.165, 1.54) is 6.21 Å². The first-order valence-corrected chi connectivity index (χ1v) is 3.07. The standard InChI is InChI=1S/C6H6N2O.Ag.NO3/c9-8-5-6-3-1-2-4-7-6;;2-1(3)4/h1-5,9H;;/q;+1;-1/b8-5+;;. The molecule has 0 saturated carbocycles. The van der Waals surface area contributed by atoms with Crippen LogP contribution in [-0.2, 0) is 22.4 Å². The summed E-state index contributed by atoms with van der Waals surface area (Å²) >= 11 is 0. The smallest absolute Gasteiger partial charge is 0.411 e. The Morgan fingerprint density at radius 1 is 1.50 bits per heavy atom. The molecule has 0 aromatic carbocycles. The van der Waals surface area contributed by atoms with Gasteiger partial charge in [0.15, 0.2) is 0 Å². The zero-order chi connectivity index (χ0) is 10.1. The molecule has 0 aliphatic heterocycles. The van der Waals surface area contributed by atoms with Crippen molar-refractivity contribution >= 4 is 6.21 Å². The molecule has 0 amide bonds. The first kappa shape index (κ1) is 15.1. The molecular weight excluding hydrogens is 286 g/mol. The van der Waals surface area contributed by atoms with Crippen molar-refractivity contribution in [3.05, 3.63) is 45.4 Å². The molecule has 0 saturated heterocycles. The Labute approximate surface area is 94.7 Å². The normalized spacial score (nSPS) is 8.29. The minimum atomic E-state index is -1.75. The number of pyridine rings is 1. The molecule has 14 heavy (non-hydrogen) atoms. The van der Waals surface area contributed by atoms with Crippen molar-refractivity contribution < 1.29 is 32.7 Å². The summed E-state index contributed by atoms with van der Waals surface area (Å²) in [5.41, 5.74) is 0.653. The van der Waals surface area contributed by atoms with E-state index in [0.717, 1.165) is 0 Å². The number of aromatic nitrogens is 1. The summed E-state index contributed by atoms with van der Waals surface area (Å²) in [5.74, 6) is 0. The van der Waals surface area contributed by atoms with Gasteiger partial charge < -0.3 is 20.5 Å². The SMILES string of the molecule is O/N=C/c1ccccn1.O=[N+]([O-])[O-].[Ag+]. The fraction of sp³-hybridized carbons (Fsp3) is 0. The maximum atomic E-state index is 8.25. The van der Waals surface area contributed by atoms with E-state index in [0.29, 0.717) is 5.69 Å². The predicted octanol–water partition coefficient (Wildman–Crippen LogP) is 0.648. The van der Waals surface area contributed by atoms with Crippen LogP contribution in [0.3, 0.4) is 0 Å². The Morgan fingerprint density at radius 2 is 2.07 bits per heavy atom. The second-order valence-electron chi connectivity index (χ2n) is 1.72. The van der Waals surface area contributed by atoms with Crippen LogP contribution in [0.1, 0.15) is 5.69 Å². The average molecular weight is 292 g/mol. The Hall–Kier alpha value is -1.44. The van der Waals surface area contributed by atoms with E-state index in [4.69, 9.17) is 20.5 Å². The zero-order valence-electron chi connectivity index (χ0n) is 6.70. The van der Waals surface area contributed by atoms with Crippen molar-refractivity contribution in [2.75, 3.05) is 0 Å². The van der Waals surface area contributed by atoms with Crippen molar-refractivity contribution in [1.82, 2.24) is 4.98 Å². The fourth-order valence-corrected chi connectivity index (χ4v) is 0.511. The molecule has 0 aliphatic rings. The van der Waals surface area contributed by atoms with Crippen molar-refractivity contribution in [3.8, 4) is 0 Å². The van der Waals surface area contributed by atoms with Crippen molar-refractivity contribution in [3.63, 3.8) is 0 Å². The molecule has 0 spiro atoms. The molecule has 0 radical (unpaired) electrons. The van der Waals surface area contributed by atoms with Crippen LogP contribution < -0.4 is 0 Å². The molecule has 7 nitrogen and oxygen atoms in total. The third-order valence-electron chi connectivity index (χ3n) is 0.878. The van der Waals surface area contributed by atoms with Crippen molar-refractivity contribution in [1.29, 1.82) is 0 Å². The predicted molar refractivity (Wildman–Crippen MR) is 44.0 cm³/mol. The minimum absolute atomic E-state index is 0. The van der Waals surface area contributed by atoms with E-state index in [9.17, 15) is 0 Å². The molecule has 1 rings (SSSR count). The van der Waals surface area contributed by atoms with E-state index in [-0.39, 0.29) is 22.4 Å². The van der Waals surface area contributed by atoms with Gasteiger partial charge in [0.25, 0.3) is 0 Å². The topological polar surface area (TPSA) is 112 Å². The van der Waals surface area contributed by atoms with Gasteiger partial charge in [-0.1, -0.05) is 11.2 Å². The van der Waals surface area contributed by atoms with Crippen molar-refractivity contribution in [2.45, 2.75) is 0 Å². The zero-order valence-corrected chi connectivity index (χ0v) is 8.18. The van der Waals surface area contributed by atoms with E-state index >= 15 is 0 Å². The van der Waals surface area contributed by atoms with E-state index in [1.54, 1.807) is 18.3 Å². The summed E-state index contributed by atoms with van der Waals surface area (Å²) in [5, 5.41) is 25.6. The molecule has 0 unspecified atom stereocenters. The van der Waals surface area contributed by atoms with Gasteiger partial charge in [0.05, 0.1) is 17.0 Å². The molecule has 1 N–H and O–H groups in total. The molecule has 1 aromatic heterocycles. The Bertz CT molecular complexity index is 276. The molecule has 80 valence electrons. The largest absolute Gasteiger partial charge is 1.00 e. The number of nitrogens with zero attached hydrogens (tertiary/aromatic N) is 3. The molecule has 1 aromatic rings. The van der Waals surface area contributed by atoms with Gasteiger partial charge in [0, 0.05) is 6.20 Å². The van der Waals surface area contributed by atoms with Crippen molar-refractivity contribution in [2.24, 2.45) is 5.16 Å². The van der Waals surface area contributed by atoms with Gasteiger partial charge in [0.2, 0.25) is 0 Å². The van der Waals surface area contributed by atoms with E-state index < -0.39 is 5.09 Å². The van der Waals surface area contributed by atoms with Crippen LogP contribution in [0.25, 0.3) is 0 Å². The van der Waals surface area contributed by atoms with Crippen LogP contribution in [-0.4, -0.2) is 21.5 Å². The Kier molecular flexibility index (Phi) is 10.4. The van der Waals surface area contributed by atoms with Gasteiger partial charge in [-0.2, -0.15) is 0 Å². The summed E-state index contributed by atoms with van der Waals surface area (Å²) < 4.78 is 0. The summed E-state index contributed by atoms with van der Waals surface area (Å²) in [6, 6.07) is 5.37. The number of oxime groups is 1. The number of hydrogen-bond donors (Lipinski definition) is 1. The molecule has 0 bridgehead atoms. The molecule has 0 atom stereocenters. The molecule has 0 aliphatic carbocycles. The van der Waals surface area contributed by atoms with Crippen LogP contribution in [0.5, 0.6) is 0 Å². The first-order chi connectivity index (χ1) is 6.16. The fourth-order valence-electron chi connectivity index (χ4n) is 0.511. The maximum Gasteiger partial charge on any atom is 1.00 e. The van der Waals surface area contributed by atoms with Gasteiger partial charge in [-0.3, -0.25) is 4.98 Å². The summed E-state index contributed by atoms with van der Waals surface area (Å²) in [4.78, 5) is 12.1. The summed E-state index contributed by atoms with van der Waals surface area (Å²) in [6.45, 7) is 0. The van der Waals surface area contributed by atoms with Crippen LogP contribution >= 0.6 is 0 Å². The number of rotatable bonds is 1. The third kappa shape index (κ3) is 10.6. The van der Waals surface area contributed by atoms with Gasteiger partial charge in [0.1, 0.15) is 0 Å². The molecule has 8 heteroatoms. The van der Waals surface area contributed by atoms with E-state index in [1.807, 2.05) is 6.07 Å². The van der Waals surface area contributed by atoms with E-state index in [2.05, 4.69) is 10.1 Å². The van der Waals surface area contributed by atoms with Gasteiger partial charge in [-0.25, -0.2) is 0 Å². The molecular formula is C6H6AgN3O4. The Balaban J connectivity index is 0. The summed E-state index contributed by atoms with van der Waals surface area (Å²) in [7, 11) is 0. The van der Waals surface area contributed by atoms with Crippen LogP contribution in [0.4, 0.5) is 0 Å².